The van der Waals surface area contributed by atoms with Crippen LogP contribution in [0.5, 0.6) is 0 Å². The Balaban J connectivity index is 2.85. The molecule has 0 atom stereocenters. The van der Waals surface area contributed by atoms with Crippen LogP contribution in [0.4, 0.5) is 32.0 Å². The second kappa shape index (κ2) is 6.29. The monoisotopic (exact) mass is 377 g/mol. The first-order valence-corrected chi connectivity index (χ1v) is 6.69. The fourth-order valence-corrected chi connectivity index (χ4v) is 2.20. The molecule has 2 rings (SSSR count). The Morgan fingerprint density at radius 2 is 1.62 bits per heavy atom. The van der Waals surface area contributed by atoms with Crippen molar-refractivity contribution < 1.29 is 35.9 Å². The van der Waals surface area contributed by atoms with E-state index in [-0.39, 0.29) is 11.6 Å². The van der Waals surface area contributed by atoms with Gasteiger partial charge in [-0.1, -0.05) is 0 Å². The summed E-state index contributed by atoms with van der Waals surface area (Å²) in [6.07, 6.45) is -9.28. The van der Waals surface area contributed by atoms with Crippen molar-refractivity contribution in [3.8, 4) is 11.8 Å². The van der Waals surface area contributed by atoms with Crippen LogP contribution in [0, 0.1) is 11.3 Å². The topological polar surface area (TPSA) is 81.0 Å². The lowest BCUT2D eigenvalue weighted by molar-refractivity contribution is -0.143. The average Bonchev–Trinajstić information content (AvgIpc) is 2.88. The minimum Gasteiger partial charge on any atom is -0.464 e. The summed E-state index contributed by atoms with van der Waals surface area (Å²) in [7, 11) is 0.943. The summed E-state index contributed by atoms with van der Waals surface area (Å²) in [5.74, 6) is -1.13. The minimum atomic E-state index is -5.07. The molecule has 1 aromatic carbocycles. The molecule has 0 aliphatic carbocycles. The number of halogens is 6. The van der Waals surface area contributed by atoms with E-state index in [0.29, 0.717) is 16.7 Å². The number of methoxy groups -OCH3 is 1. The molecule has 0 radical (unpaired) electrons. The number of carbonyl (C=O) groups is 1. The predicted octanol–water partition coefficient (Wildman–Crippen LogP) is 3.76. The van der Waals surface area contributed by atoms with Crippen LogP contribution in [0.25, 0.3) is 5.69 Å². The van der Waals surface area contributed by atoms with Crippen molar-refractivity contribution in [1.82, 2.24) is 4.57 Å². The van der Waals surface area contributed by atoms with Crippen LogP contribution < -0.4 is 5.73 Å². The zero-order chi connectivity index (χ0) is 19.9. The molecule has 1 heterocycles. The molecule has 0 unspecified atom stereocenters. The van der Waals surface area contributed by atoms with Crippen molar-refractivity contribution in [3.63, 3.8) is 0 Å². The summed E-state index contributed by atoms with van der Waals surface area (Å²) in [6, 6.07) is 2.35. The lowest BCUT2D eigenvalue weighted by Crippen LogP contribution is -2.15. The number of nitrogen functional groups attached to an aromatic ring is 1. The van der Waals surface area contributed by atoms with E-state index >= 15 is 0 Å². The molecule has 0 saturated heterocycles. The molecular formula is C15H9F6N3O2. The molecule has 1 aromatic heterocycles. The standard InChI is InChI=1S/C15H9F6N3O2/c1-26-13(25)12-11(23)7(5-22)6-24(12)10-3-8(14(16,17)18)2-9(4-10)15(19,20)21/h2-4,6H,23H2,1H3. The summed E-state index contributed by atoms with van der Waals surface area (Å²) in [5, 5.41) is 8.97. The second-order valence-electron chi connectivity index (χ2n) is 5.04. The number of hydrogen-bond acceptors (Lipinski definition) is 4. The Morgan fingerprint density at radius 1 is 1.12 bits per heavy atom. The van der Waals surface area contributed by atoms with Gasteiger partial charge in [0.05, 0.1) is 29.5 Å². The Bertz CT molecular complexity index is 874. The maximum absolute atomic E-state index is 13.0. The van der Waals surface area contributed by atoms with Gasteiger partial charge in [0.2, 0.25) is 0 Å². The number of benzene rings is 1. The van der Waals surface area contributed by atoms with Gasteiger partial charge >= 0.3 is 18.3 Å². The first-order chi connectivity index (χ1) is 11.9. The molecule has 2 aromatic rings. The third-order valence-corrected chi connectivity index (χ3v) is 3.39. The van der Waals surface area contributed by atoms with Gasteiger partial charge in [0.1, 0.15) is 6.07 Å². The summed E-state index contributed by atoms with van der Waals surface area (Å²) in [4.78, 5) is 11.8. The van der Waals surface area contributed by atoms with Gasteiger partial charge in [-0.25, -0.2) is 4.79 Å². The number of esters is 1. The van der Waals surface area contributed by atoms with Gasteiger partial charge in [0.25, 0.3) is 0 Å². The zero-order valence-corrected chi connectivity index (χ0v) is 12.9. The van der Waals surface area contributed by atoms with Gasteiger partial charge in [-0.15, -0.1) is 0 Å². The van der Waals surface area contributed by atoms with Crippen molar-refractivity contribution in [3.05, 3.63) is 46.8 Å². The van der Waals surface area contributed by atoms with Gasteiger partial charge in [0, 0.05) is 11.9 Å². The highest BCUT2D eigenvalue weighted by Gasteiger charge is 2.37. The normalized spacial score (nSPS) is 11.9. The third kappa shape index (κ3) is 3.44. The van der Waals surface area contributed by atoms with Gasteiger partial charge in [-0.05, 0) is 18.2 Å². The van der Waals surface area contributed by atoms with Crippen molar-refractivity contribution in [2.24, 2.45) is 0 Å². The van der Waals surface area contributed by atoms with E-state index in [1.807, 2.05) is 0 Å². The summed E-state index contributed by atoms with van der Waals surface area (Å²) >= 11 is 0. The number of nitrogens with zero attached hydrogens (tertiary/aromatic N) is 2. The number of carbonyl (C=O) groups excluding carboxylic acids is 1. The summed E-state index contributed by atoms with van der Waals surface area (Å²) in [6.45, 7) is 0. The van der Waals surface area contributed by atoms with Gasteiger partial charge < -0.3 is 15.0 Å². The van der Waals surface area contributed by atoms with E-state index < -0.39 is 46.5 Å². The van der Waals surface area contributed by atoms with Crippen LogP contribution in [0.1, 0.15) is 27.2 Å². The molecule has 138 valence electrons. The van der Waals surface area contributed by atoms with Crippen LogP contribution in [0.3, 0.4) is 0 Å². The fraction of sp³-hybridized carbons (Fsp3) is 0.200. The highest BCUT2D eigenvalue weighted by molar-refractivity contribution is 5.96. The molecule has 26 heavy (non-hydrogen) atoms. The maximum Gasteiger partial charge on any atom is 0.416 e. The van der Waals surface area contributed by atoms with Crippen LogP contribution >= 0.6 is 0 Å². The molecule has 0 saturated carbocycles. The van der Waals surface area contributed by atoms with Gasteiger partial charge in [0.15, 0.2) is 5.69 Å². The van der Waals surface area contributed by atoms with E-state index in [0.717, 1.165) is 13.3 Å². The number of rotatable bonds is 2. The number of aromatic nitrogens is 1. The Hall–Kier alpha value is -3.16. The third-order valence-electron chi connectivity index (χ3n) is 3.39. The molecule has 0 fully saturated rings. The number of alkyl halides is 6. The number of hydrogen-bond donors (Lipinski definition) is 1. The van der Waals surface area contributed by atoms with E-state index in [1.165, 1.54) is 0 Å². The number of anilines is 1. The number of nitriles is 1. The van der Waals surface area contributed by atoms with Crippen molar-refractivity contribution >= 4 is 11.7 Å². The maximum atomic E-state index is 13.0. The van der Waals surface area contributed by atoms with Crippen molar-refractivity contribution in [2.45, 2.75) is 12.4 Å². The predicted molar refractivity (Wildman–Crippen MR) is 76.2 cm³/mol. The summed E-state index contributed by atoms with van der Waals surface area (Å²) < 4.78 is 83.0. The van der Waals surface area contributed by atoms with Crippen LogP contribution in [-0.2, 0) is 17.1 Å². The average molecular weight is 377 g/mol. The first-order valence-electron chi connectivity index (χ1n) is 6.69. The number of ether oxygens (including phenoxy) is 1. The molecule has 5 nitrogen and oxygen atoms in total. The molecular weight excluding hydrogens is 368 g/mol. The van der Waals surface area contributed by atoms with E-state index in [1.54, 1.807) is 6.07 Å². The lowest BCUT2D eigenvalue weighted by atomic mass is 10.1. The molecule has 0 amide bonds. The van der Waals surface area contributed by atoms with Crippen LogP contribution in [0.15, 0.2) is 24.4 Å². The Kier molecular flexibility index (Phi) is 4.64. The quantitative estimate of drug-likeness (QED) is 0.638. The molecule has 0 spiro atoms. The molecule has 2 N–H and O–H groups in total. The lowest BCUT2D eigenvalue weighted by Gasteiger charge is -2.16. The number of nitrogens with two attached hydrogens (primary N) is 1. The highest BCUT2D eigenvalue weighted by atomic mass is 19.4. The minimum absolute atomic E-state index is 0.0562. The Morgan fingerprint density at radius 3 is 2.00 bits per heavy atom. The molecule has 0 aliphatic heterocycles. The smallest absolute Gasteiger partial charge is 0.416 e. The van der Waals surface area contributed by atoms with Crippen molar-refractivity contribution in [2.75, 3.05) is 12.8 Å². The fourth-order valence-electron chi connectivity index (χ4n) is 2.20. The van der Waals surface area contributed by atoms with Crippen LogP contribution in [-0.4, -0.2) is 17.6 Å². The largest absolute Gasteiger partial charge is 0.464 e. The zero-order valence-electron chi connectivity index (χ0n) is 12.9. The van der Waals surface area contributed by atoms with E-state index in [9.17, 15) is 31.1 Å². The first kappa shape index (κ1) is 19.2. The molecule has 0 aliphatic rings. The highest BCUT2D eigenvalue weighted by Crippen LogP contribution is 2.38. The molecule has 11 heteroatoms. The van der Waals surface area contributed by atoms with Gasteiger partial charge in [-0.2, -0.15) is 31.6 Å². The SMILES string of the molecule is COC(=O)c1c(N)c(C#N)cn1-c1cc(C(F)(F)F)cc(C(F)(F)F)c1. The second-order valence-corrected chi connectivity index (χ2v) is 5.04. The Labute approximate surface area is 142 Å². The molecule has 0 bridgehead atoms. The van der Waals surface area contributed by atoms with E-state index in [4.69, 9.17) is 11.0 Å². The summed E-state index contributed by atoms with van der Waals surface area (Å²) in [5.41, 5.74) is 0.483. The van der Waals surface area contributed by atoms with E-state index in [2.05, 4.69) is 4.74 Å². The van der Waals surface area contributed by atoms with Gasteiger partial charge in [-0.3, -0.25) is 0 Å². The van der Waals surface area contributed by atoms with Crippen molar-refractivity contribution in [1.29, 1.82) is 5.26 Å². The van der Waals surface area contributed by atoms with Crippen LogP contribution in [0.2, 0.25) is 0 Å².